The third-order valence-electron chi connectivity index (χ3n) is 3.76. The first kappa shape index (κ1) is 16.3. The first-order chi connectivity index (χ1) is 8.34. The third-order valence-corrected chi connectivity index (χ3v) is 3.76. The number of benzene rings is 1. The molecule has 0 radical (unpaired) electrons. The van der Waals surface area contributed by atoms with Crippen molar-refractivity contribution in [2.24, 2.45) is 0 Å². The van der Waals surface area contributed by atoms with Gasteiger partial charge in [0, 0.05) is 43.9 Å². The van der Waals surface area contributed by atoms with Gasteiger partial charge >= 0.3 is 0 Å². The predicted molar refractivity (Wildman–Crippen MR) is 85.7 cm³/mol. The molecule has 0 saturated carbocycles. The minimum atomic E-state index is 0. The van der Waals surface area contributed by atoms with Crippen molar-refractivity contribution in [3.05, 3.63) is 36.0 Å². The van der Waals surface area contributed by atoms with E-state index < -0.39 is 0 Å². The van der Waals surface area contributed by atoms with Gasteiger partial charge in [-0.2, -0.15) is 0 Å². The minimum absolute atomic E-state index is 0. The second-order valence-electron chi connectivity index (χ2n) is 4.79. The molecule has 3 nitrogen and oxygen atoms in total. The number of aromatic amines is 1. The van der Waals surface area contributed by atoms with E-state index in [4.69, 9.17) is 0 Å². The van der Waals surface area contributed by atoms with Crippen LogP contribution in [0, 0.1) is 0 Å². The molecule has 19 heavy (non-hydrogen) atoms. The van der Waals surface area contributed by atoms with Gasteiger partial charge in [0.2, 0.25) is 0 Å². The van der Waals surface area contributed by atoms with Crippen LogP contribution >= 0.6 is 24.8 Å². The van der Waals surface area contributed by atoms with E-state index in [2.05, 4.69) is 46.4 Å². The second kappa shape index (κ2) is 7.15. The highest BCUT2D eigenvalue weighted by molar-refractivity contribution is 5.85. The summed E-state index contributed by atoms with van der Waals surface area (Å²) in [5, 5.41) is 4.69. The van der Waals surface area contributed by atoms with Crippen molar-refractivity contribution in [3.63, 3.8) is 0 Å². The van der Waals surface area contributed by atoms with E-state index in [-0.39, 0.29) is 24.8 Å². The van der Waals surface area contributed by atoms with E-state index in [9.17, 15) is 0 Å². The highest BCUT2D eigenvalue weighted by Crippen LogP contribution is 2.23. The lowest BCUT2D eigenvalue weighted by molar-refractivity contribution is 0.185. The summed E-state index contributed by atoms with van der Waals surface area (Å²) in [6.45, 7) is 6.80. The highest BCUT2D eigenvalue weighted by atomic mass is 35.5. The molecule has 0 spiro atoms. The molecule has 1 aromatic carbocycles. The molecule has 2 aromatic rings. The van der Waals surface area contributed by atoms with Crippen LogP contribution in [0.3, 0.4) is 0 Å². The van der Waals surface area contributed by atoms with Gasteiger partial charge in [0.1, 0.15) is 0 Å². The van der Waals surface area contributed by atoms with E-state index in [1.165, 1.54) is 16.5 Å². The largest absolute Gasteiger partial charge is 0.361 e. The van der Waals surface area contributed by atoms with Gasteiger partial charge in [-0.3, -0.25) is 4.90 Å². The van der Waals surface area contributed by atoms with Gasteiger partial charge in [-0.05, 0) is 30.0 Å². The van der Waals surface area contributed by atoms with E-state index in [1.807, 2.05) is 6.20 Å². The number of halogens is 2. The molecule has 1 atom stereocenters. The van der Waals surface area contributed by atoms with Gasteiger partial charge in [-0.25, -0.2) is 0 Å². The summed E-state index contributed by atoms with van der Waals surface area (Å²) in [7, 11) is 0. The molecule has 0 aliphatic carbocycles. The summed E-state index contributed by atoms with van der Waals surface area (Å²) < 4.78 is 0. The van der Waals surface area contributed by atoms with Crippen LogP contribution in [0.15, 0.2) is 30.5 Å². The SMILES string of the molecule is C[C@@H](c1ccc2cc[nH]c2c1)N1CCNCC1.Cl.Cl. The molecule has 1 aromatic heterocycles. The van der Waals surface area contributed by atoms with E-state index in [0.29, 0.717) is 6.04 Å². The fourth-order valence-electron chi connectivity index (χ4n) is 2.61. The molecule has 0 unspecified atom stereocenters. The zero-order chi connectivity index (χ0) is 11.7. The third kappa shape index (κ3) is 3.42. The molecular weight excluding hydrogens is 281 g/mol. The second-order valence-corrected chi connectivity index (χ2v) is 4.79. The Labute approximate surface area is 126 Å². The lowest BCUT2D eigenvalue weighted by Crippen LogP contribution is -2.44. The van der Waals surface area contributed by atoms with Crippen molar-refractivity contribution in [1.29, 1.82) is 0 Å². The molecule has 1 fully saturated rings. The van der Waals surface area contributed by atoms with Gasteiger partial charge < -0.3 is 10.3 Å². The van der Waals surface area contributed by atoms with Gasteiger partial charge in [0.25, 0.3) is 0 Å². The summed E-state index contributed by atoms with van der Waals surface area (Å²) in [5.41, 5.74) is 2.64. The number of H-pyrrole nitrogens is 1. The Bertz CT molecular complexity index is 506. The Balaban J connectivity index is 0.000000902. The van der Waals surface area contributed by atoms with Crippen molar-refractivity contribution in [2.45, 2.75) is 13.0 Å². The van der Waals surface area contributed by atoms with Crippen molar-refractivity contribution in [1.82, 2.24) is 15.2 Å². The lowest BCUT2D eigenvalue weighted by Gasteiger charge is -2.33. The number of hydrogen-bond acceptors (Lipinski definition) is 2. The van der Waals surface area contributed by atoms with E-state index in [0.717, 1.165) is 26.2 Å². The van der Waals surface area contributed by atoms with E-state index >= 15 is 0 Å². The maximum atomic E-state index is 3.40. The van der Waals surface area contributed by atoms with Crippen molar-refractivity contribution in [2.75, 3.05) is 26.2 Å². The smallest absolute Gasteiger partial charge is 0.0457 e. The van der Waals surface area contributed by atoms with Crippen LogP contribution in [0.2, 0.25) is 0 Å². The number of hydrogen-bond donors (Lipinski definition) is 2. The summed E-state index contributed by atoms with van der Waals surface area (Å²) in [4.78, 5) is 5.83. The fourth-order valence-corrected chi connectivity index (χ4v) is 2.61. The first-order valence-corrected chi connectivity index (χ1v) is 6.36. The number of fused-ring (bicyclic) bond motifs is 1. The molecule has 1 saturated heterocycles. The van der Waals surface area contributed by atoms with Crippen LogP contribution in [0.25, 0.3) is 10.9 Å². The predicted octanol–water partition coefficient (Wildman–Crippen LogP) is 2.98. The quantitative estimate of drug-likeness (QED) is 0.893. The highest BCUT2D eigenvalue weighted by Gasteiger charge is 2.17. The molecule has 1 aliphatic rings. The van der Waals surface area contributed by atoms with Crippen LogP contribution < -0.4 is 5.32 Å². The Morgan fingerprint density at radius 1 is 1.11 bits per heavy atom. The molecule has 2 N–H and O–H groups in total. The standard InChI is InChI=1S/C14H19N3.2ClH/c1-11(17-8-6-15-7-9-17)13-3-2-12-4-5-16-14(12)10-13;;/h2-5,10-11,15-16H,6-9H2,1H3;2*1H/t11-;;/m0../s1. The summed E-state index contributed by atoms with van der Waals surface area (Å²) in [6.07, 6.45) is 2.00. The summed E-state index contributed by atoms with van der Waals surface area (Å²) in [5.74, 6) is 0. The fraction of sp³-hybridized carbons (Fsp3) is 0.429. The van der Waals surface area contributed by atoms with E-state index in [1.54, 1.807) is 0 Å². The van der Waals surface area contributed by atoms with Crippen LogP contribution in [0.4, 0.5) is 0 Å². The van der Waals surface area contributed by atoms with Crippen molar-refractivity contribution in [3.8, 4) is 0 Å². The molecular formula is C14H21Cl2N3. The number of rotatable bonds is 2. The number of nitrogens with one attached hydrogen (secondary N) is 2. The molecule has 5 heteroatoms. The zero-order valence-electron chi connectivity index (χ0n) is 11.1. The van der Waals surface area contributed by atoms with Gasteiger partial charge in [0.05, 0.1) is 0 Å². The number of nitrogens with zero attached hydrogens (tertiary/aromatic N) is 1. The molecule has 0 bridgehead atoms. The molecule has 0 amide bonds. The normalized spacial score (nSPS) is 17.5. The monoisotopic (exact) mass is 301 g/mol. The van der Waals surface area contributed by atoms with Crippen LogP contribution in [-0.4, -0.2) is 36.1 Å². The van der Waals surface area contributed by atoms with Crippen LogP contribution in [0.5, 0.6) is 0 Å². The summed E-state index contributed by atoms with van der Waals surface area (Å²) >= 11 is 0. The zero-order valence-corrected chi connectivity index (χ0v) is 12.7. The van der Waals surface area contributed by atoms with Crippen LogP contribution in [0.1, 0.15) is 18.5 Å². The Kier molecular flexibility index (Phi) is 6.14. The Morgan fingerprint density at radius 3 is 2.58 bits per heavy atom. The maximum Gasteiger partial charge on any atom is 0.0457 e. The van der Waals surface area contributed by atoms with Gasteiger partial charge in [-0.15, -0.1) is 24.8 Å². The molecule has 1 aliphatic heterocycles. The lowest BCUT2D eigenvalue weighted by atomic mass is 10.0. The van der Waals surface area contributed by atoms with Crippen molar-refractivity contribution >= 4 is 35.7 Å². The maximum absolute atomic E-state index is 3.40. The van der Waals surface area contributed by atoms with Crippen LogP contribution in [-0.2, 0) is 0 Å². The van der Waals surface area contributed by atoms with Gasteiger partial charge in [-0.1, -0.05) is 12.1 Å². The first-order valence-electron chi connectivity index (χ1n) is 6.36. The van der Waals surface area contributed by atoms with Gasteiger partial charge in [0.15, 0.2) is 0 Å². The van der Waals surface area contributed by atoms with Crippen molar-refractivity contribution < 1.29 is 0 Å². The number of aromatic nitrogens is 1. The number of piperazine rings is 1. The average Bonchev–Trinajstić information content (AvgIpc) is 2.86. The molecule has 106 valence electrons. The summed E-state index contributed by atoms with van der Waals surface area (Å²) in [6, 6.07) is 9.36. The average molecular weight is 302 g/mol. The molecule has 3 rings (SSSR count). The minimum Gasteiger partial charge on any atom is -0.361 e. The molecule has 2 heterocycles. The Hall–Kier alpha value is -0.740. The topological polar surface area (TPSA) is 31.1 Å². The Morgan fingerprint density at radius 2 is 1.84 bits per heavy atom.